The Morgan fingerprint density at radius 2 is 1.89 bits per heavy atom. The summed E-state index contributed by atoms with van der Waals surface area (Å²) in [7, 11) is 1.00. The number of rotatable bonds is 3. The van der Waals surface area contributed by atoms with Crippen molar-refractivity contribution >= 4 is 12.0 Å². The van der Waals surface area contributed by atoms with E-state index in [4.69, 9.17) is 9.29 Å². The summed E-state index contributed by atoms with van der Waals surface area (Å²) in [5, 5.41) is 7.00. The highest BCUT2D eigenvalue weighted by Crippen LogP contribution is 2.27. The molecule has 0 amide bonds. The lowest BCUT2D eigenvalue weighted by molar-refractivity contribution is 0.399. The molecule has 2 rings (SSSR count). The standard InChI is InChI=1S/C14H16OS.CH4O/c1-11-3-7-13(8-4-11)15-16-14-9-5-12(2)6-10-14;1-2/h3-5,7-10,12H,6H2,1-2H3;2H,1H3. The predicted molar refractivity (Wildman–Crippen MR) is 78.5 cm³/mol. The number of hydrogen-bond donors (Lipinski definition) is 1. The van der Waals surface area contributed by atoms with Crippen molar-refractivity contribution in [2.24, 2.45) is 5.92 Å². The van der Waals surface area contributed by atoms with Gasteiger partial charge in [0.05, 0.1) is 12.0 Å². The minimum Gasteiger partial charge on any atom is -0.421 e. The van der Waals surface area contributed by atoms with E-state index in [-0.39, 0.29) is 0 Å². The zero-order chi connectivity index (χ0) is 13.4. The zero-order valence-electron chi connectivity index (χ0n) is 11.1. The Bertz CT molecular complexity index is 407. The second-order valence-electron chi connectivity index (χ2n) is 4.16. The summed E-state index contributed by atoms with van der Waals surface area (Å²) in [5.74, 6) is 1.56. The molecule has 1 unspecified atom stereocenters. The lowest BCUT2D eigenvalue weighted by Crippen LogP contribution is -1.93. The highest BCUT2D eigenvalue weighted by molar-refractivity contribution is 7.99. The Hall–Kier alpha value is -1.19. The second kappa shape index (κ2) is 8.01. The molecule has 1 N–H and O–H groups in total. The quantitative estimate of drug-likeness (QED) is 0.833. The van der Waals surface area contributed by atoms with Gasteiger partial charge in [0, 0.05) is 12.0 Å². The van der Waals surface area contributed by atoms with Crippen LogP contribution in [0.1, 0.15) is 18.9 Å². The second-order valence-corrected chi connectivity index (χ2v) is 4.96. The maximum Gasteiger partial charge on any atom is 0.137 e. The summed E-state index contributed by atoms with van der Waals surface area (Å²) < 4.78 is 5.63. The van der Waals surface area contributed by atoms with Crippen LogP contribution >= 0.6 is 12.0 Å². The molecule has 98 valence electrons. The molecule has 3 heteroatoms. The number of aliphatic hydroxyl groups excluding tert-OH is 1. The van der Waals surface area contributed by atoms with E-state index in [2.05, 4.69) is 44.2 Å². The van der Waals surface area contributed by atoms with Crippen molar-refractivity contribution in [2.45, 2.75) is 20.3 Å². The van der Waals surface area contributed by atoms with Crippen molar-refractivity contribution in [3.63, 3.8) is 0 Å². The Labute approximate surface area is 114 Å². The normalized spacial score (nSPS) is 17.6. The molecule has 0 aromatic heterocycles. The molecule has 0 aliphatic heterocycles. The van der Waals surface area contributed by atoms with Crippen LogP contribution in [0.3, 0.4) is 0 Å². The lowest BCUT2D eigenvalue weighted by atomic mass is 10.0. The molecule has 18 heavy (non-hydrogen) atoms. The van der Waals surface area contributed by atoms with Crippen LogP contribution in [0.4, 0.5) is 0 Å². The monoisotopic (exact) mass is 264 g/mol. The molecule has 1 aliphatic carbocycles. The molecule has 0 bridgehead atoms. The average Bonchev–Trinajstić information content (AvgIpc) is 2.42. The Balaban J connectivity index is 0.000000771. The summed E-state index contributed by atoms with van der Waals surface area (Å²) in [4.78, 5) is 1.19. The highest BCUT2D eigenvalue weighted by Gasteiger charge is 2.05. The van der Waals surface area contributed by atoms with Crippen molar-refractivity contribution in [3.8, 4) is 5.75 Å². The third-order valence-corrected chi connectivity index (χ3v) is 3.31. The molecule has 1 atom stereocenters. The first-order chi connectivity index (χ1) is 8.74. The van der Waals surface area contributed by atoms with Crippen LogP contribution < -0.4 is 4.18 Å². The maximum absolute atomic E-state index is 7.00. The molecule has 1 aliphatic rings. The molecule has 0 saturated carbocycles. The Kier molecular flexibility index (Phi) is 6.61. The van der Waals surface area contributed by atoms with Crippen LogP contribution in [0, 0.1) is 12.8 Å². The number of benzene rings is 1. The van der Waals surface area contributed by atoms with Crippen molar-refractivity contribution in [1.29, 1.82) is 0 Å². The third kappa shape index (κ3) is 4.98. The average molecular weight is 264 g/mol. The SMILES string of the molecule is CO.Cc1ccc(OSC2=CCC(C)C=C2)cc1. The van der Waals surface area contributed by atoms with Crippen LogP contribution in [-0.2, 0) is 0 Å². The molecule has 0 heterocycles. The molecule has 1 aromatic rings. The van der Waals surface area contributed by atoms with Gasteiger partial charge >= 0.3 is 0 Å². The first-order valence-corrected chi connectivity index (χ1v) is 6.72. The van der Waals surface area contributed by atoms with Crippen LogP contribution in [0.15, 0.2) is 47.4 Å². The van der Waals surface area contributed by atoms with Gasteiger partial charge in [0.25, 0.3) is 0 Å². The van der Waals surface area contributed by atoms with E-state index in [1.807, 2.05) is 12.1 Å². The molecule has 1 aromatic carbocycles. The van der Waals surface area contributed by atoms with Gasteiger partial charge in [0.2, 0.25) is 0 Å². The van der Waals surface area contributed by atoms with Crippen molar-refractivity contribution in [2.75, 3.05) is 7.11 Å². The van der Waals surface area contributed by atoms with Crippen molar-refractivity contribution in [3.05, 3.63) is 53.0 Å². The largest absolute Gasteiger partial charge is 0.421 e. The Morgan fingerprint density at radius 3 is 2.44 bits per heavy atom. The lowest BCUT2D eigenvalue weighted by Gasteiger charge is -2.11. The zero-order valence-corrected chi connectivity index (χ0v) is 11.9. The van der Waals surface area contributed by atoms with Gasteiger partial charge in [-0.1, -0.05) is 36.8 Å². The third-order valence-electron chi connectivity index (χ3n) is 2.53. The summed E-state index contributed by atoms with van der Waals surface area (Å²) in [6.45, 7) is 4.29. The molecular weight excluding hydrogens is 244 g/mol. The van der Waals surface area contributed by atoms with Gasteiger partial charge in [0.15, 0.2) is 0 Å². The van der Waals surface area contributed by atoms with Gasteiger partial charge in [-0.2, -0.15) is 0 Å². The number of aryl methyl sites for hydroxylation is 1. The summed E-state index contributed by atoms with van der Waals surface area (Å²) in [5.41, 5.74) is 1.25. The van der Waals surface area contributed by atoms with E-state index in [1.165, 1.54) is 22.5 Å². The summed E-state index contributed by atoms with van der Waals surface area (Å²) in [6.07, 6.45) is 7.69. The topological polar surface area (TPSA) is 29.5 Å². The molecular formula is C15H20O2S. The minimum absolute atomic E-state index is 0.656. The molecule has 0 saturated heterocycles. The van der Waals surface area contributed by atoms with Crippen molar-refractivity contribution < 1.29 is 9.29 Å². The van der Waals surface area contributed by atoms with Gasteiger partial charge in [-0.25, -0.2) is 0 Å². The van der Waals surface area contributed by atoms with E-state index in [1.54, 1.807) is 0 Å². The van der Waals surface area contributed by atoms with Crippen LogP contribution in [0.2, 0.25) is 0 Å². The summed E-state index contributed by atoms with van der Waals surface area (Å²) in [6, 6.07) is 8.11. The van der Waals surface area contributed by atoms with E-state index in [0.29, 0.717) is 5.92 Å². The van der Waals surface area contributed by atoms with Gasteiger partial charge in [-0.3, -0.25) is 0 Å². The fraction of sp³-hybridized carbons (Fsp3) is 0.333. The van der Waals surface area contributed by atoms with E-state index >= 15 is 0 Å². The van der Waals surface area contributed by atoms with E-state index in [0.717, 1.165) is 19.3 Å². The minimum atomic E-state index is 0.656. The number of aliphatic hydroxyl groups is 1. The molecule has 0 spiro atoms. The Morgan fingerprint density at radius 1 is 1.22 bits per heavy atom. The molecule has 0 radical (unpaired) electrons. The van der Waals surface area contributed by atoms with Gasteiger partial charge in [0.1, 0.15) is 5.75 Å². The fourth-order valence-electron chi connectivity index (χ4n) is 1.46. The summed E-state index contributed by atoms with van der Waals surface area (Å²) >= 11 is 1.43. The predicted octanol–water partition coefficient (Wildman–Crippen LogP) is 4.11. The van der Waals surface area contributed by atoms with E-state index in [9.17, 15) is 0 Å². The highest BCUT2D eigenvalue weighted by atomic mass is 32.2. The van der Waals surface area contributed by atoms with Gasteiger partial charge in [-0.05, 0) is 37.5 Å². The molecule has 2 nitrogen and oxygen atoms in total. The maximum atomic E-state index is 7.00. The van der Waals surface area contributed by atoms with E-state index < -0.39 is 0 Å². The first kappa shape index (κ1) is 14.9. The van der Waals surface area contributed by atoms with Crippen LogP contribution in [0.25, 0.3) is 0 Å². The van der Waals surface area contributed by atoms with Crippen LogP contribution in [0.5, 0.6) is 5.75 Å². The smallest absolute Gasteiger partial charge is 0.137 e. The van der Waals surface area contributed by atoms with Crippen LogP contribution in [-0.4, -0.2) is 12.2 Å². The van der Waals surface area contributed by atoms with Crippen molar-refractivity contribution in [1.82, 2.24) is 0 Å². The van der Waals surface area contributed by atoms with Gasteiger partial charge in [-0.15, -0.1) is 0 Å². The first-order valence-electron chi connectivity index (χ1n) is 5.98. The number of allylic oxidation sites excluding steroid dienone is 3. The fourth-order valence-corrected chi connectivity index (χ4v) is 2.06. The number of hydrogen-bond acceptors (Lipinski definition) is 3. The molecule has 0 fully saturated rings. The van der Waals surface area contributed by atoms with Gasteiger partial charge < -0.3 is 9.29 Å².